The molecule has 0 aliphatic carbocycles. The van der Waals surface area contributed by atoms with Gasteiger partial charge in [0.2, 0.25) is 5.91 Å². The average Bonchev–Trinajstić information content (AvgIpc) is 2.99. The van der Waals surface area contributed by atoms with Crippen LogP contribution in [0.2, 0.25) is 0 Å². The van der Waals surface area contributed by atoms with Crippen molar-refractivity contribution in [3.8, 4) is 18.2 Å². The molecule has 3 amide bonds. The van der Waals surface area contributed by atoms with Crippen LogP contribution in [-0.4, -0.2) is 57.2 Å². The topological polar surface area (TPSA) is 134 Å². The molecule has 0 saturated carbocycles. The molecule has 0 aromatic heterocycles. The van der Waals surface area contributed by atoms with Crippen LogP contribution in [0.15, 0.2) is 78.9 Å². The summed E-state index contributed by atoms with van der Waals surface area (Å²) in [5.74, 6) is -2.12. The highest BCUT2D eigenvalue weighted by Gasteiger charge is 2.38. The van der Waals surface area contributed by atoms with Gasteiger partial charge in [0.25, 0.3) is 5.91 Å². The van der Waals surface area contributed by atoms with Crippen molar-refractivity contribution in [2.24, 2.45) is 0 Å². The molecule has 3 N–H and O–H groups in total. The summed E-state index contributed by atoms with van der Waals surface area (Å²) in [4.78, 5) is 55.9. The molecule has 3 aromatic carbocycles. The molecule has 48 heavy (non-hydrogen) atoms. The number of aromatic hydroxyl groups is 1. The van der Waals surface area contributed by atoms with E-state index in [2.05, 4.69) is 16.7 Å². The largest absolute Gasteiger partial charge is 0.508 e. The number of carbonyl (C=O) groups excluding carboxylic acids is 4. The summed E-state index contributed by atoms with van der Waals surface area (Å²) in [5.41, 5.74) is 0.978. The highest BCUT2D eigenvalue weighted by molar-refractivity contribution is 5.95. The lowest BCUT2D eigenvalue weighted by Gasteiger charge is -2.32. The van der Waals surface area contributed by atoms with Gasteiger partial charge in [-0.25, -0.2) is 9.59 Å². The van der Waals surface area contributed by atoms with Gasteiger partial charge in [-0.2, -0.15) is 0 Å². The summed E-state index contributed by atoms with van der Waals surface area (Å²) in [6.07, 6.45) is 5.19. The number of alkyl carbamates (subject to hydrolysis) is 1. The number of aryl methyl sites for hydroxylation is 1. The van der Waals surface area contributed by atoms with Gasteiger partial charge in [-0.1, -0.05) is 78.7 Å². The van der Waals surface area contributed by atoms with Crippen molar-refractivity contribution in [2.45, 2.75) is 90.6 Å². The zero-order valence-electron chi connectivity index (χ0n) is 28.6. The van der Waals surface area contributed by atoms with Crippen molar-refractivity contribution < 1.29 is 33.8 Å². The second kappa shape index (κ2) is 16.0. The molecule has 0 spiro atoms. The Hall–Kier alpha value is -5.30. The standard InChI is InChI=1S/C38H45N3O7/c1-9-41(34(44)30(40-36(46)48-38(6,7)8)23-27-17-21-29(42)22-18-27)32(28-19-15-25(2)16-20-28)33(43)39-31(35(45)47-37(3,4)5)24-26-13-11-10-12-14-26/h1,10-22,30-32,42H,23-24H2,2-8H3,(H,39,43)(H,40,46). The molecule has 0 heterocycles. The van der Waals surface area contributed by atoms with Crippen LogP contribution in [-0.2, 0) is 36.7 Å². The van der Waals surface area contributed by atoms with Gasteiger partial charge in [-0.3, -0.25) is 14.5 Å². The maximum absolute atomic E-state index is 14.3. The fourth-order valence-corrected chi connectivity index (χ4v) is 4.78. The number of hydrogen-bond acceptors (Lipinski definition) is 7. The Balaban J connectivity index is 2.04. The van der Waals surface area contributed by atoms with E-state index in [0.717, 1.165) is 16.0 Å². The van der Waals surface area contributed by atoms with Crippen molar-refractivity contribution in [1.29, 1.82) is 0 Å². The van der Waals surface area contributed by atoms with Crippen molar-refractivity contribution in [3.63, 3.8) is 0 Å². The van der Waals surface area contributed by atoms with Gasteiger partial charge in [0.1, 0.15) is 35.1 Å². The molecule has 0 saturated heterocycles. The van der Waals surface area contributed by atoms with E-state index >= 15 is 0 Å². The van der Waals surface area contributed by atoms with E-state index < -0.39 is 53.2 Å². The van der Waals surface area contributed by atoms with Gasteiger partial charge < -0.3 is 25.2 Å². The molecule has 10 heteroatoms. The van der Waals surface area contributed by atoms with Crippen molar-refractivity contribution in [1.82, 2.24) is 15.5 Å². The van der Waals surface area contributed by atoms with Crippen molar-refractivity contribution in [2.75, 3.05) is 0 Å². The lowest BCUT2D eigenvalue weighted by Crippen LogP contribution is -2.54. The number of phenolic OH excluding ortho intramolecular Hbond substituents is 1. The normalized spacial score (nSPS) is 13.2. The van der Waals surface area contributed by atoms with E-state index in [1.807, 2.05) is 37.3 Å². The highest BCUT2D eigenvalue weighted by Crippen LogP contribution is 2.25. The molecule has 3 atom stereocenters. The van der Waals surface area contributed by atoms with Gasteiger partial charge in [0, 0.05) is 18.9 Å². The first-order valence-corrected chi connectivity index (χ1v) is 15.7. The Bertz CT molecular complexity index is 1600. The number of rotatable bonds is 11. The van der Waals surface area contributed by atoms with E-state index in [-0.39, 0.29) is 18.6 Å². The number of benzene rings is 3. The van der Waals surface area contributed by atoms with Crippen LogP contribution >= 0.6 is 0 Å². The number of hydrogen-bond donors (Lipinski definition) is 3. The Morgan fingerprint density at radius 3 is 1.85 bits per heavy atom. The summed E-state index contributed by atoms with van der Waals surface area (Å²) >= 11 is 0. The third-order valence-electron chi connectivity index (χ3n) is 6.93. The van der Waals surface area contributed by atoms with Crippen LogP contribution in [0.3, 0.4) is 0 Å². The number of terminal acetylenes is 1. The molecule has 3 unspecified atom stereocenters. The van der Waals surface area contributed by atoms with Gasteiger partial charge >= 0.3 is 12.1 Å². The fraction of sp³-hybridized carbons (Fsp3) is 0.368. The summed E-state index contributed by atoms with van der Waals surface area (Å²) in [6, 6.07) is 20.7. The Morgan fingerprint density at radius 1 is 0.771 bits per heavy atom. The average molecular weight is 656 g/mol. The third-order valence-corrected chi connectivity index (χ3v) is 6.93. The molecule has 3 aromatic rings. The molecular formula is C38H45N3O7. The second-order valence-electron chi connectivity index (χ2n) is 13.5. The summed E-state index contributed by atoms with van der Waals surface area (Å²) in [7, 11) is 0. The number of amides is 3. The van der Waals surface area contributed by atoms with E-state index in [1.54, 1.807) is 77.9 Å². The van der Waals surface area contributed by atoms with Crippen LogP contribution in [0.5, 0.6) is 5.75 Å². The summed E-state index contributed by atoms with van der Waals surface area (Å²) in [5, 5.41) is 15.2. The van der Waals surface area contributed by atoms with Crippen LogP contribution in [0.4, 0.5) is 4.79 Å². The lowest BCUT2D eigenvalue weighted by molar-refractivity contribution is -0.159. The predicted octanol–water partition coefficient (Wildman–Crippen LogP) is 5.37. The van der Waals surface area contributed by atoms with Gasteiger partial charge in [-0.05, 0) is 77.3 Å². The molecule has 0 fully saturated rings. The molecule has 3 rings (SSSR count). The number of ether oxygens (including phenoxy) is 2. The van der Waals surface area contributed by atoms with Crippen LogP contribution in [0.1, 0.15) is 69.8 Å². The third kappa shape index (κ3) is 11.5. The minimum absolute atomic E-state index is 0.0260. The molecule has 10 nitrogen and oxygen atoms in total. The van der Waals surface area contributed by atoms with Crippen molar-refractivity contribution >= 4 is 23.9 Å². The quantitative estimate of drug-likeness (QED) is 0.144. The van der Waals surface area contributed by atoms with Crippen molar-refractivity contribution in [3.05, 3.63) is 101 Å². The zero-order chi connectivity index (χ0) is 35.6. The van der Waals surface area contributed by atoms with E-state index in [4.69, 9.17) is 15.9 Å². The maximum atomic E-state index is 14.3. The minimum atomic E-state index is -1.40. The van der Waals surface area contributed by atoms with Gasteiger partial charge in [0.05, 0.1) is 0 Å². The number of esters is 1. The van der Waals surface area contributed by atoms with E-state index in [9.17, 15) is 24.3 Å². The predicted molar refractivity (Wildman–Crippen MR) is 182 cm³/mol. The van der Waals surface area contributed by atoms with Gasteiger partial charge in [0.15, 0.2) is 0 Å². The number of carbonyl (C=O) groups is 4. The first-order chi connectivity index (χ1) is 22.5. The van der Waals surface area contributed by atoms with Gasteiger partial charge in [-0.15, -0.1) is 0 Å². The monoisotopic (exact) mass is 655 g/mol. The fourth-order valence-electron chi connectivity index (χ4n) is 4.78. The van der Waals surface area contributed by atoms with E-state index in [0.29, 0.717) is 11.1 Å². The van der Waals surface area contributed by atoms with Crippen LogP contribution in [0, 0.1) is 19.4 Å². The van der Waals surface area contributed by atoms with E-state index in [1.165, 1.54) is 12.1 Å². The first kappa shape index (κ1) is 37.2. The smallest absolute Gasteiger partial charge is 0.408 e. The Morgan fingerprint density at radius 2 is 1.31 bits per heavy atom. The second-order valence-corrected chi connectivity index (χ2v) is 13.5. The molecule has 254 valence electrons. The lowest BCUT2D eigenvalue weighted by atomic mass is 9.99. The Labute approximate surface area is 282 Å². The number of phenols is 1. The van der Waals surface area contributed by atoms with Crippen LogP contribution in [0.25, 0.3) is 0 Å². The maximum Gasteiger partial charge on any atom is 0.408 e. The SMILES string of the molecule is C#CN(C(=O)C(Cc1ccc(O)cc1)NC(=O)OC(C)(C)C)C(C(=O)NC(Cc1ccccc1)C(=O)OC(C)(C)C)c1ccc(C)cc1. The van der Waals surface area contributed by atoms with Crippen LogP contribution < -0.4 is 10.6 Å². The molecule has 0 aliphatic rings. The molecular weight excluding hydrogens is 610 g/mol. The molecule has 0 radical (unpaired) electrons. The highest BCUT2D eigenvalue weighted by atomic mass is 16.6. The first-order valence-electron chi connectivity index (χ1n) is 15.7. The molecule has 0 aliphatic heterocycles. The summed E-state index contributed by atoms with van der Waals surface area (Å²) < 4.78 is 11.1. The minimum Gasteiger partial charge on any atom is -0.508 e. The number of nitrogens with zero attached hydrogens (tertiary/aromatic N) is 1. The molecule has 0 bridgehead atoms. The number of nitrogens with one attached hydrogen (secondary N) is 2. The zero-order valence-corrected chi connectivity index (χ0v) is 28.6. The summed E-state index contributed by atoms with van der Waals surface area (Å²) in [6.45, 7) is 12.1. The Kier molecular flexibility index (Phi) is 12.4.